The first-order chi connectivity index (χ1) is 9.50. The molecule has 108 valence electrons. The molecular weight excluding hydrogens is 276 g/mol. The Morgan fingerprint density at radius 3 is 2.50 bits per heavy atom. The van der Waals surface area contributed by atoms with Crippen LogP contribution in [0, 0.1) is 11.3 Å². The molecule has 0 saturated heterocycles. The Morgan fingerprint density at radius 2 is 1.90 bits per heavy atom. The molecule has 1 fully saturated rings. The summed E-state index contributed by atoms with van der Waals surface area (Å²) in [7, 11) is -3.48. The van der Waals surface area contributed by atoms with E-state index in [-0.39, 0.29) is 11.8 Å². The van der Waals surface area contributed by atoms with Gasteiger partial charge in [-0.05, 0) is 30.5 Å². The molecule has 0 aromatic heterocycles. The largest absolute Gasteiger partial charge is 0.391 e. The molecule has 20 heavy (non-hydrogen) atoms. The second kappa shape index (κ2) is 6.35. The third kappa shape index (κ3) is 4.04. The van der Waals surface area contributed by atoms with Crippen LogP contribution in [0.5, 0.6) is 0 Å². The smallest absolute Gasteiger partial charge is 0.216 e. The Kier molecular flexibility index (Phi) is 4.76. The van der Waals surface area contributed by atoms with Crippen molar-refractivity contribution in [2.75, 3.05) is 0 Å². The van der Waals surface area contributed by atoms with Gasteiger partial charge in [-0.3, -0.25) is 0 Å². The van der Waals surface area contributed by atoms with Crippen molar-refractivity contribution in [3.8, 4) is 6.07 Å². The van der Waals surface area contributed by atoms with E-state index in [4.69, 9.17) is 5.26 Å². The molecule has 2 unspecified atom stereocenters. The third-order valence-electron chi connectivity index (χ3n) is 3.50. The fraction of sp³-hybridized carbons (Fsp3) is 0.500. The molecule has 1 saturated carbocycles. The summed E-state index contributed by atoms with van der Waals surface area (Å²) in [6.45, 7) is 0. The highest BCUT2D eigenvalue weighted by Gasteiger charge is 2.27. The van der Waals surface area contributed by atoms with Gasteiger partial charge in [0.2, 0.25) is 10.0 Å². The molecule has 1 aliphatic carbocycles. The minimum Gasteiger partial charge on any atom is -0.391 e. The van der Waals surface area contributed by atoms with Crippen LogP contribution in [0.25, 0.3) is 0 Å². The summed E-state index contributed by atoms with van der Waals surface area (Å²) in [4.78, 5) is 0. The van der Waals surface area contributed by atoms with Crippen molar-refractivity contribution in [1.29, 1.82) is 5.26 Å². The molecule has 0 amide bonds. The van der Waals surface area contributed by atoms with Gasteiger partial charge in [-0.25, -0.2) is 13.1 Å². The molecule has 1 aromatic rings. The van der Waals surface area contributed by atoms with Gasteiger partial charge in [-0.1, -0.05) is 25.0 Å². The van der Waals surface area contributed by atoms with E-state index in [1.54, 1.807) is 24.3 Å². The van der Waals surface area contributed by atoms with Gasteiger partial charge in [-0.15, -0.1) is 0 Å². The molecular formula is C14H18N2O3S. The van der Waals surface area contributed by atoms with Crippen LogP contribution in [0.4, 0.5) is 0 Å². The molecule has 1 aromatic carbocycles. The van der Waals surface area contributed by atoms with E-state index in [1.165, 1.54) is 0 Å². The maximum atomic E-state index is 12.1. The molecule has 1 aliphatic rings. The monoisotopic (exact) mass is 294 g/mol. The van der Waals surface area contributed by atoms with Crippen molar-refractivity contribution in [3.05, 3.63) is 35.4 Å². The number of aliphatic hydroxyl groups is 1. The quantitative estimate of drug-likeness (QED) is 0.875. The Bertz CT molecular complexity index is 590. The summed E-state index contributed by atoms with van der Waals surface area (Å²) in [6, 6.07) is 8.07. The van der Waals surface area contributed by atoms with Gasteiger partial charge in [0, 0.05) is 6.04 Å². The number of hydrogen-bond donors (Lipinski definition) is 2. The maximum absolute atomic E-state index is 12.1. The predicted octanol–water partition coefficient (Wildman–Crippen LogP) is 1.28. The summed E-state index contributed by atoms with van der Waals surface area (Å²) < 4.78 is 26.7. The van der Waals surface area contributed by atoms with E-state index in [9.17, 15) is 13.5 Å². The molecule has 0 bridgehead atoms. The lowest BCUT2D eigenvalue weighted by atomic mass is 9.93. The molecule has 5 nitrogen and oxygen atoms in total. The number of benzene rings is 1. The number of nitrogens with zero attached hydrogens (tertiary/aromatic N) is 1. The number of nitrogens with one attached hydrogen (secondary N) is 1. The number of hydrogen-bond acceptors (Lipinski definition) is 4. The lowest BCUT2D eigenvalue weighted by Crippen LogP contribution is -2.45. The minimum absolute atomic E-state index is 0.137. The Morgan fingerprint density at radius 1 is 1.25 bits per heavy atom. The summed E-state index contributed by atoms with van der Waals surface area (Å²) in [5.41, 5.74) is 1.13. The van der Waals surface area contributed by atoms with E-state index >= 15 is 0 Å². The molecule has 0 heterocycles. The highest BCUT2D eigenvalue weighted by molar-refractivity contribution is 7.88. The Labute approximate surface area is 119 Å². The molecule has 0 radical (unpaired) electrons. The normalized spacial score (nSPS) is 23.2. The van der Waals surface area contributed by atoms with Crippen molar-refractivity contribution in [2.24, 2.45) is 0 Å². The van der Waals surface area contributed by atoms with Gasteiger partial charge in [-0.2, -0.15) is 5.26 Å². The van der Waals surface area contributed by atoms with Gasteiger partial charge in [0.05, 0.1) is 23.5 Å². The van der Waals surface area contributed by atoms with Gasteiger partial charge >= 0.3 is 0 Å². The Hall–Kier alpha value is -1.42. The lowest BCUT2D eigenvalue weighted by Gasteiger charge is -2.28. The van der Waals surface area contributed by atoms with Crippen LogP contribution in [0.3, 0.4) is 0 Å². The topological polar surface area (TPSA) is 90.2 Å². The highest BCUT2D eigenvalue weighted by atomic mass is 32.2. The van der Waals surface area contributed by atoms with Crippen LogP contribution < -0.4 is 4.72 Å². The van der Waals surface area contributed by atoms with Crippen LogP contribution in [-0.4, -0.2) is 25.7 Å². The third-order valence-corrected chi connectivity index (χ3v) is 4.88. The average molecular weight is 294 g/mol. The first kappa shape index (κ1) is 15.0. The summed E-state index contributed by atoms with van der Waals surface area (Å²) in [6.07, 6.45) is 2.59. The molecule has 0 spiro atoms. The molecule has 2 rings (SSSR count). The first-order valence-corrected chi connectivity index (χ1v) is 8.32. The predicted molar refractivity (Wildman–Crippen MR) is 75.2 cm³/mol. The summed E-state index contributed by atoms with van der Waals surface area (Å²) in [5.74, 6) is -0.137. The second-order valence-corrected chi connectivity index (χ2v) is 6.90. The summed E-state index contributed by atoms with van der Waals surface area (Å²) >= 11 is 0. The van der Waals surface area contributed by atoms with E-state index in [0.29, 0.717) is 24.0 Å². The zero-order chi connectivity index (χ0) is 14.6. The van der Waals surface area contributed by atoms with Gasteiger partial charge in [0.1, 0.15) is 0 Å². The SMILES string of the molecule is N#Cc1ccc(CS(=O)(=O)NC2CCCCC2O)cc1. The van der Waals surface area contributed by atoms with Gasteiger partial charge in [0.25, 0.3) is 0 Å². The van der Waals surface area contributed by atoms with Crippen LogP contribution in [0.1, 0.15) is 36.8 Å². The zero-order valence-electron chi connectivity index (χ0n) is 11.1. The zero-order valence-corrected chi connectivity index (χ0v) is 11.9. The number of nitriles is 1. The van der Waals surface area contributed by atoms with Crippen molar-refractivity contribution >= 4 is 10.0 Å². The lowest BCUT2D eigenvalue weighted by molar-refractivity contribution is 0.101. The maximum Gasteiger partial charge on any atom is 0.216 e. The van der Waals surface area contributed by atoms with Crippen LogP contribution in [-0.2, 0) is 15.8 Å². The average Bonchev–Trinajstić information content (AvgIpc) is 2.41. The van der Waals surface area contributed by atoms with Crippen LogP contribution in [0.2, 0.25) is 0 Å². The highest BCUT2D eigenvalue weighted by Crippen LogP contribution is 2.19. The van der Waals surface area contributed by atoms with Gasteiger partial charge < -0.3 is 5.11 Å². The second-order valence-electron chi connectivity index (χ2n) is 5.14. The van der Waals surface area contributed by atoms with E-state index in [0.717, 1.165) is 12.8 Å². The van der Waals surface area contributed by atoms with E-state index in [2.05, 4.69) is 4.72 Å². The summed E-state index contributed by atoms with van der Waals surface area (Å²) in [5, 5.41) is 18.5. The van der Waals surface area contributed by atoms with Crippen LogP contribution in [0.15, 0.2) is 24.3 Å². The fourth-order valence-electron chi connectivity index (χ4n) is 2.42. The van der Waals surface area contributed by atoms with Crippen molar-refractivity contribution in [2.45, 2.75) is 43.6 Å². The number of aliphatic hydroxyl groups excluding tert-OH is 1. The number of rotatable bonds is 4. The molecule has 0 aliphatic heterocycles. The first-order valence-electron chi connectivity index (χ1n) is 6.67. The minimum atomic E-state index is -3.48. The van der Waals surface area contributed by atoms with Crippen molar-refractivity contribution < 1.29 is 13.5 Å². The van der Waals surface area contributed by atoms with Crippen molar-refractivity contribution in [3.63, 3.8) is 0 Å². The molecule has 2 N–H and O–H groups in total. The Balaban J connectivity index is 2.01. The van der Waals surface area contributed by atoms with Crippen LogP contribution >= 0.6 is 0 Å². The molecule has 2 atom stereocenters. The van der Waals surface area contributed by atoms with E-state index in [1.807, 2.05) is 6.07 Å². The van der Waals surface area contributed by atoms with E-state index < -0.39 is 16.1 Å². The standard InChI is InChI=1S/C14H18N2O3S/c15-9-11-5-7-12(8-6-11)10-20(18,19)16-13-3-1-2-4-14(13)17/h5-8,13-14,16-17H,1-4,10H2. The van der Waals surface area contributed by atoms with Crippen molar-refractivity contribution in [1.82, 2.24) is 4.72 Å². The number of sulfonamides is 1. The molecule has 6 heteroatoms. The van der Waals surface area contributed by atoms with Gasteiger partial charge in [0.15, 0.2) is 0 Å². The fourth-order valence-corrected chi connectivity index (χ4v) is 3.87.